The Kier molecular flexibility index (Phi) is 4.07. The van der Waals surface area contributed by atoms with Gasteiger partial charge in [-0.05, 0) is 24.3 Å². The van der Waals surface area contributed by atoms with Crippen LogP contribution < -0.4 is 5.32 Å². The van der Waals surface area contributed by atoms with Crippen LogP contribution in [0.25, 0.3) is 0 Å². The third-order valence-electron chi connectivity index (χ3n) is 2.19. The van der Waals surface area contributed by atoms with E-state index < -0.39 is 5.91 Å². The van der Waals surface area contributed by atoms with Crippen LogP contribution in [-0.4, -0.2) is 10.9 Å². The van der Waals surface area contributed by atoms with Gasteiger partial charge in [0.15, 0.2) is 5.82 Å². The summed E-state index contributed by atoms with van der Waals surface area (Å²) in [6, 6.07) is 8.12. The number of hydrogen-bond donors (Lipinski definition) is 1. The zero-order valence-electron chi connectivity index (χ0n) is 8.95. The molecule has 18 heavy (non-hydrogen) atoms. The van der Waals surface area contributed by atoms with Gasteiger partial charge in [-0.2, -0.15) is 0 Å². The van der Waals surface area contributed by atoms with Crippen LogP contribution in [0, 0.1) is 0 Å². The summed E-state index contributed by atoms with van der Waals surface area (Å²) in [5, 5.41) is 3.43. The number of nitrogens with zero attached hydrogens (tertiary/aromatic N) is 1. The van der Waals surface area contributed by atoms with E-state index in [9.17, 15) is 4.79 Å². The van der Waals surface area contributed by atoms with Gasteiger partial charge in [0.05, 0.1) is 20.6 Å². The molecule has 6 heteroatoms. The number of hydrogen-bond acceptors (Lipinski definition) is 2. The van der Waals surface area contributed by atoms with Gasteiger partial charge in [-0.25, -0.2) is 4.98 Å². The Hall–Kier alpha value is -1.29. The molecule has 0 saturated carbocycles. The summed E-state index contributed by atoms with van der Waals surface area (Å²) in [4.78, 5) is 15.9. The number of amides is 1. The van der Waals surface area contributed by atoms with Crippen LogP contribution in [-0.2, 0) is 0 Å². The van der Waals surface area contributed by atoms with E-state index in [1.807, 2.05) is 0 Å². The second-order valence-corrected chi connectivity index (χ2v) is 4.58. The first-order valence-corrected chi connectivity index (χ1v) is 6.09. The first-order valence-electron chi connectivity index (χ1n) is 4.95. The first kappa shape index (κ1) is 13.1. The second kappa shape index (κ2) is 5.57. The molecule has 0 unspecified atom stereocenters. The van der Waals surface area contributed by atoms with Crippen molar-refractivity contribution in [1.29, 1.82) is 0 Å². The molecular weight excluding hydrogens is 295 g/mol. The van der Waals surface area contributed by atoms with E-state index in [1.165, 1.54) is 6.20 Å². The Balaban J connectivity index is 2.28. The average Bonchev–Trinajstić information content (AvgIpc) is 2.35. The van der Waals surface area contributed by atoms with Crippen molar-refractivity contribution in [2.24, 2.45) is 0 Å². The van der Waals surface area contributed by atoms with E-state index in [2.05, 4.69) is 10.3 Å². The fourth-order valence-corrected chi connectivity index (χ4v) is 1.89. The van der Waals surface area contributed by atoms with Crippen molar-refractivity contribution in [3.05, 3.63) is 57.2 Å². The Bertz CT molecular complexity index is 602. The fraction of sp³-hybridized carbons (Fsp3) is 0. The number of halogens is 3. The molecule has 1 heterocycles. The molecule has 0 aliphatic rings. The molecule has 2 aromatic rings. The van der Waals surface area contributed by atoms with Crippen molar-refractivity contribution >= 4 is 46.5 Å². The number of benzene rings is 1. The summed E-state index contributed by atoms with van der Waals surface area (Å²) in [7, 11) is 0. The van der Waals surface area contributed by atoms with Crippen molar-refractivity contribution < 1.29 is 4.79 Å². The minimum atomic E-state index is -0.414. The van der Waals surface area contributed by atoms with Gasteiger partial charge in [0, 0.05) is 6.20 Å². The molecule has 0 radical (unpaired) electrons. The van der Waals surface area contributed by atoms with Crippen molar-refractivity contribution in [2.45, 2.75) is 0 Å². The maximum absolute atomic E-state index is 12.0. The van der Waals surface area contributed by atoms with Gasteiger partial charge < -0.3 is 5.32 Å². The Labute approximate surface area is 119 Å². The van der Waals surface area contributed by atoms with Crippen LogP contribution in [0.2, 0.25) is 15.1 Å². The minimum Gasteiger partial charge on any atom is -0.305 e. The maximum atomic E-state index is 12.0. The highest BCUT2D eigenvalue weighted by atomic mass is 35.5. The number of rotatable bonds is 2. The number of aromatic nitrogens is 1. The van der Waals surface area contributed by atoms with E-state index in [4.69, 9.17) is 34.8 Å². The molecule has 0 saturated heterocycles. The molecule has 0 fully saturated rings. The lowest BCUT2D eigenvalue weighted by atomic mass is 10.2. The first-order chi connectivity index (χ1) is 8.59. The molecule has 2 rings (SSSR count). The van der Waals surface area contributed by atoms with Gasteiger partial charge in [0.2, 0.25) is 0 Å². The van der Waals surface area contributed by atoms with E-state index >= 15 is 0 Å². The van der Waals surface area contributed by atoms with Gasteiger partial charge in [-0.3, -0.25) is 4.79 Å². The van der Waals surface area contributed by atoms with Gasteiger partial charge in [-0.1, -0.05) is 40.9 Å². The van der Waals surface area contributed by atoms with Crippen molar-refractivity contribution in [2.75, 3.05) is 5.32 Å². The van der Waals surface area contributed by atoms with Gasteiger partial charge in [0.25, 0.3) is 5.91 Å². The van der Waals surface area contributed by atoms with E-state index in [0.29, 0.717) is 10.0 Å². The highest BCUT2D eigenvalue weighted by Gasteiger charge is 2.14. The zero-order valence-corrected chi connectivity index (χ0v) is 11.2. The summed E-state index contributed by atoms with van der Waals surface area (Å²) >= 11 is 17.7. The fourth-order valence-electron chi connectivity index (χ4n) is 1.33. The van der Waals surface area contributed by atoms with E-state index in [-0.39, 0.29) is 16.4 Å². The number of carbonyl (C=O) groups excluding carboxylic acids is 1. The van der Waals surface area contributed by atoms with Gasteiger partial charge in [0.1, 0.15) is 0 Å². The number of carbonyl (C=O) groups is 1. The minimum absolute atomic E-state index is 0.198. The lowest BCUT2D eigenvalue weighted by Gasteiger charge is -2.07. The van der Waals surface area contributed by atoms with Crippen LogP contribution in [0.15, 0.2) is 36.5 Å². The quantitative estimate of drug-likeness (QED) is 0.899. The summed E-state index contributed by atoms with van der Waals surface area (Å²) in [5.74, 6) is -0.136. The Morgan fingerprint density at radius 1 is 1.06 bits per heavy atom. The third-order valence-corrected chi connectivity index (χ3v) is 3.31. The molecule has 1 N–H and O–H groups in total. The van der Waals surface area contributed by atoms with Gasteiger partial charge >= 0.3 is 0 Å². The van der Waals surface area contributed by atoms with Crippen molar-refractivity contribution in [3.8, 4) is 0 Å². The van der Waals surface area contributed by atoms with Crippen LogP contribution in [0.5, 0.6) is 0 Å². The molecule has 0 bridgehead atoms. The van der Waals surface area contributed by atoms with Gasteiger partial charge in [-0.15, -0.1) is 0 Å². The Morgan fingerprint density at radius 2 is 1.78 bits per heavy atom. The second-order valence-electron chi connectivity index (χ2n) is 3.39. The zero-order chi connectivity index (χ0) is 13.1. The molecule has 1 aromatic carbocycles. The normalized spacial score (nSPS) is 10.2. The van der Waals surface area contributed by atoms with E-state index in [1.54, 1.807) is 30.3 Å². The molecule has 0 aliphatic heterocycles. The van der Waals surface area contributed by atoms with E-state index in [0.717, 1.165) is 0 Å². The predicted octanol–water partition coefficient (Wildman–Crippen LogP) is 4.29. The lowest BCUT2D eigenvalue weighted by molar-refractivity contribution is 0.102. The average molecular weight is 302 g/mol. The SMILES string of the molecule is O=C(Nc1ncccc1Cl)c1cccc(Cl)c1Cl. The Morgan fingerprint density at radius 3 is 2.50 bits per heavy atom. The molecular formula is C12H7Cl3N2O. The molecule has 1 amide bonds. The van der Waals surface area contributed by atoms with Crippen LogP contribution in [0.1, 0.15) is 10.4 Å². The van der Waals surface area contributed by atoms with Crippen LogP contribution in [0.4, 0.5) is 5.82 Å². The summed E-state index contributed by atoms with van der Waals surface area (Å²) in [5.41, 5.74) is 0.269. The molecule has 92 valence electrons. The summed E-state index contributed by atoms with van der Waals surface area (Å²) in [6.45, 7) is 0. The largest absolute Gasteiger partial charge is 0.305 e. The maximum Gasteiger partial charge on any atom is 0.258 e. The smallest absolute Gasteiger partial charge is 0.258 e. The molecule has 0 atom stereocenters. The van der Waals surface area contributed by atoms with Crippen LogP contribution >= 0.6 is 34.8 Å². The van der Waals surface area contributed by atoms with Crippen molar-refractivity contribution in [3.63, 3.8) is 0 Å². The van der Waals surface area contributed by atoms with Crippen LogP contribution in [0.3, 0.4) is 0 Å². The number of pyridine rings is 1. The monoisotopic (exact) mass is 300 g/mol. The summed E-state index contributed by atoms with van der Waals surface area (Å²) in [6.07, 6.45) is 1.53. The highest BCUT2D eigenvalue weighted by molar-refractivity contribution is 6.44. The molecule has 0 spiro atoms. The summed E-state index contributed by atoms with van der Waals surface area (Å²) < 4.78 is 0. The lowest BCUT2D eigenvalue weighted by Crippen LogP contribution is -2.13. The number of nitrogens with one attached hydrogen (secondary N) is 1. The van der Waals surface area contributed by atoms with Crippen molar-refractivity contribution in [1.82, 2.24) is 4.98 Å². The molecule has 3 nitrogen and oxygen atoms in total. The topological polar surface area (TPSA) is 42.0 Å². The molecule has 1 aromatic heterocycles. The standard InChI is InChI=1S/C12H7Cl3N2O/c13-8-4-1-3-7(10(8)15)12(18)17-11-9(14)5-2-6-16-11/h1-6H,(H,16,17,18). The molecule has 0 aliphatic carbocycles. The number of anilines is 1. The highest BCUT2D eigenvalue weighted by Crippen LogP contribution is 2.26. The predicted molar refractivity (Wildman–Crippen MR) is 73.7 cm³/mol. The third kappa shape index (κ3) is 2.75.